The minimum Gasteiger partial charge on any atom is -0.458 e. The van der Waals surface area contributed by atoms with Gasteiger partial charge in [0.25, 0.3) is 0 Å². The molecule has 0 aromatic heterocycles. The molecule has 96 valence electrons. The molecule has 1 N–H and O–H groups in total. The van der Waals surface area contributed by atoms with E-state index in [9.17, 15) is 14.9 Å². The fraction of sp³-hybridized carbons (Fsp3) is 0.182. The second-order valence-corrected chi connectivity index (χ2v) is 3.59. The van der Waals surface area contributed by atoms with E-state index in [2.05, 4.69) is 10.1 Å². The van der Waals surface area contributed by atoms with Gasteiger partial charge >= 0.3 is 11.7 Å². The highest BCUT2D eigenvalue weighted by atomic mass is 35.5. The molecule has 7 heteroatoms. The summed E-state index contributed by atoms with van der Waals surface area (Å²) in [5, 5.41) is 13.8. The number of carbonyl (C=O) groups excluding carboxylic acids is 1. The molecule has 6 nitrogen and oxygen atoms in total. The van der Waals surface area contributed by atoms with Crippen LogP contribution in [-0.2, 0) is 9.53 Å². The van der Waals surface area contributed by atoms with E-state index in [1.165, 1.54) is 0 Å². The molecule has 0 radical (unpaired) electrons. The van der Waals surface area contributed by atoms with Crippen LogP contribution >= 0.6 is 11.6 Å². The average Bonchev–Trinajstić information content (AvgIpc) is 2.31. The van der Waals surface area contributed by atoms with Crippen LogP contribution in [-0.4, -0.2) is 17.5 Å². The van der Waals surface area contributed by atoms with Crippen LogP contribution in [0.15, 0.2) is 36.2 Å². The normalized spacial score (nSPS) is 10.9. The van der Waals surface area contributed by atoms with Gasteiger partial charge in [-0.25, -0.2) is 4.79 Å². The predicted octanol–water partition coefficient (Wildman–Crippen LogP) is 2.43. The molecule has 0 aliphatic carbocycles. The lowest BCUT2D eigenvalue weighted by atomic mass is 10.3. The number of halogens is 1. The second kappa shape index (κ2) is 6.61. The largest absolute Gasteiger partial charge is 0.458 e. The van der Waals surface area contributed by atoms with Crippen LogP contribution < -0.4 is 5.32 Å². The Bertz CT molecular complexity index is 470. The van der Waals surface area contributed by atoms with Crippen molar-refractivity contribution in [2.45, 2.75) is 6.92 Å². The molecule has 0 heterocycles. The average molecular weight is 271 g/mol. The molecule has 0 unspecified atom stereocenters. The molecule has 18 heavy (non-hydrogen) atoms. The third-order valence-corrected chi connectivity index (χ3v) is 2.15. The lowest BCUT2D eigenvalue weighted by Gasteiger charge is -2.02. The zero-order valence-electron chi connectivity index (χ0n) is 9.55. The number of rotatable bonds is 5. The van der Waals surface area contributed by atoms with Crippen LogP contribution in [0, 0.1) is 10.1 Å². The maximum Gasteiger partial charge on any atom is 0.411 e. The van der Waals surface area contributed by atoms with Gasteiger partial charge in [-0.05, 0) is 31.2 Å². The van der Waals surface area contributed by atoms with Crippen molar-refractivity contribution in [2.75, 3.05) is 11.9 Å². The molecule has 0 atom stereocenters. The van der Waals surface area contributed by atoms with Gasteiger partial charge in [0, 0.05) is 10.7 Å². The molecular formula is C11H11ClN2O4. The first kappa shape index (κ1) is 14.0. The zero-order chi connectivity index (χ0) is 13.5. The predicted molar refractivity (Wildman–Crippen MR) is 66.8 cm³/mol. The Labute approximate surface area is 108 Å². The third kappa shape index (κ3) is 4.06. The zero-order valence-corrected chi connectivity index (χ0v) is 10.3. The highest BCUT2D eigenvalue weighted by Crippen LogP contribution is 2.13. The van der Waals surface area contributed by atoms with Crippen molar-refractivity contribution < 1.29 is 14.5 Å². The van der Waals surface area contributed by atoms with Crippen molar-refractivity contribution >= 4 is 23.3 Å². The third-order valence-electron chi connectivity index (χ3n) is 1.90. The summed E-state index contributed by atoms with van der Waals surface area (Å²) in [5.74, 6) is -0.982. The smallest absolute Gasteiger partial charge is 0.411 e. The second-order valence-electron chi connectivity index (χ2n) is 3.16. The summed E-state index contributed by atoms with van der Waals surface area (Å²) in [6, 6.07) is 6.49. The van der Waals surface area contributed by atoms with E-state index in [4.69, 9.17) is 11.6 Å². The van der Waals surface area contributed by atoms with Crippen LogP contribution in [0.25, 0.3) is 0 Å². The number of carbonyl (C=O) groups is 1. The Balaban J connectivity index is 2.80. The minimum atomic E-state index is -0.982. The summed E-state index contributed by atoms with van der Waals surface area (Å²) in [7, 11) is 0. The highest BCUT2D eigenvalue weighted by molar-refractivity contribution is 6.30. The van der Waals surface area contributed by atoms with Crippen molar-refractivity contribution in [1.82, 2.24) is 0 Å². The van der Waals surface area contributed by atoms with Crippen LogP contribution in [0.3, 0.4) is 0 Å². The molecule has 0 amide bonds. The maximum atomic E-state index is 11.3. The Morgan fingerprint density at radius 3 is 2.61 bits per heavy atom. The van der Waals surface area contributed by atoms with Gasteiger partial charge in [-0.3, -0.25) is 10.1 Å². The number of nitro groups is 1. The first-order valence-corrected chi connectivity index (χ1v) is 5.46. The van der Waals surface area contributed by atoms with Crippen LogP contribution in [0.5, 0.6) is 0 Å². The van der Waals surface area contributed by atoms with Gasteiger partial charge < -0.3 is 10.1 Å². The number of esters is 1. The van der Waals surface area contributed by atoms with Gasteiger partial charge in [-0.2, -0.15) is 0 Å². The lowest BCUT2D eigenvalue weighted by molar-refractivity contribution is -0.421. The molecule has 1 aromatic carbocycles. The molecule has 0 saturated carbocycles. The SMILES string of the molecule is CCOC(=O)C(=CNc1ccc(Cl)cc1)[N+](=O)[O-]. The molecule has 0 aliphatic heterocycles. The summed E-state index contributed by atoms with van der Waals surface area (Å²) in [6.45, 7) is 1.65. The van der Waals surface area contributed by atoms with E-state index in [-0.39, 0.29) is 6.61 Å². The van der Waals surface area contributed by atoms with Crippen molar-refractivity contribution in [2.24, 2.45) is 0 Å². The van der Waals surface area contributed by atoms with E-state index >= 15 is 0 Å². The van der Waals surface area contributed by atoms with Crippen molar-refractivity contribution in [3.05, 3.63) is 51.3 Å². The lowest BCUT2D eigenvalue weighted by Crippen LogP contribution is -2.16. The van der Waals surface area contributed by atoms with E-state index in [0.717, 1.165) is 6.20 Å². The number of nitrogens with zero attached hydrogens (tertiary/aromatic N) is 1. The molecule has 0 spiro atoms. The molecule has 0 saturated heterocycles. The van der Waals surface area contributed by atoms with Crippen LogP contribution in [0.4, 0.5) is 5.69 Å². The van der Waals surface area contributed by atoms with Gasteiger partial charge in [-0.1, -0.05) is 11.6 Å². The Hall–Kier alpha value is -2.08. The number of hydrogen-bond acceptors (Lipinski definition) is 5. The standard InChI is InChI=1S/C11H11ClN2O4/c1-2-18-11(15)10(14(16)17)7-13-9-5-3-8(12)4-6-9/h3-7,13H,2H2,1H3. The monoisotopic (exact) mass is 270 g/mol. The number of nitrogens with one attached hydrogen (secondary N) is 1. The number of anilines is 1. The van der Waals surface area contributed by atoms with Gasteiger partial charge in [0.2, 0.25) is 0 Å². The summed E-state index contributed by atoms with van der Waals surface area (Å²) < 4.78 is 4.56. The van der Waals surface area contributed by atoms with Crippen LogP contribution in [0.2, 0.25) is 5.02 Å². The quantitative estimate of drug-likeness (QED) is 0.385. The van der Waals surface area contributed by atoms with E-state index < -0.39 is 16.6 Å². The Morgan fingerprint density at radius 2 is 2.11 bits per heavy atom. The summed E-state index contributed by atoms with van der Waals surface area (Å²) in [5.41, 5.74) is -0.0881. The maximum absolute atomic E-state index is 11.3. The van der Waals surface area contributed by atoms with Crippen molar-refractivity contribution in [3.63, 3.8) is 0 Å². The van der Waals surface area contributed by atoms with Gasteiger partial charge in [0.1, 0.15) is 0 Å². The molecule has 0 fully saturated rings. The Kier molecular flexibility index (Phi) is 5.13. The van der Waals surface area contributed by atoms with Crippen LogP contribution in [0.1, 0.15) is 6.92 Å². The number of hydrogen-bond donors (Lipinski definition) is 1. The van der Waals surface area contributed by atoms with E-state index in [0.29, 0.717) is 10.7 Å². The number of benzene rings is 1. The van der Waals surface area contributed by atoms with Gasteiger partial charge in [0.05, 0.1) is 17.7 Å². The summed E-state index contributed by atoms with van der Waals surface area (Å²) in [6.07, 6.45) is 0.987. The molecule has 0 bridgehead atoms. The van der Waals surface area contributed by atoms with Gasteiger partial charge in [-0.15, -0.1) is 0 Å². The van der Waals surface area contributed by atoms with E-state index in [1.807, 2.05) is 0 Å². The fourth-order valence-corrected chi connectivity index (χ4v) is 1.21. The molecule has 1 aromatic rings. The molecule has 0 aliphatic rings. The fourth-order valence-electron chi connectivity index (χ4n) is 1.09. The highest BCUT2D eigenvalue weighted by Gasteiger charge is 2.23. The summed E-state index contributed by atoms with van der Waals surface area (Å²) >= 11 is 5.69. The number of ether oxygens (including phenoxy) is 1. The van der Waals surface area contributed by atoms with Crippen molar-refractivity contribution in [1.29, 1.82) is 0 Å². The molecule has 1 rings (SSSR count). The first-order chi connectivity index (χ1) is 8.54. The summed E-state index contributed by atoms with van der Waals surface area (Å²) in [4.78, 5) is 21.1. The van der Waals surface area contributed by atoms with Gasteiger partial charge in [0.15, 0.2) is 0 Å². The van der Waals surface area contributed by atoms with E-state index in [1.54, 1.807) is 31.2 Å². The first-order valence-electron chi connectivity index (χ1n) is 5.08. The Morgan fingerprint density at radius 1 is 1.50 bits per heavy atom. The topological polar surface area (TPSA) is 81.5 Å². The van der Waals surface area contributed by atoms with Crippen molar-refractivity contribution in [3.8, 4) is 0 Å². The molecular weight excluding hydrogens is 260 g/mol. The minimum absolute atomic E-state index is 0.0744.